The smallest absolute Gasteiger partial charge is 0.414 e. The number of methoxy groups -OCH3 is 1. The molecule has 4 nitrogen and oxygen atoms in total. The quantitative estimate of drug-likeness (QED) is 0.707. The van der Waals surface area contributed by atoms with Crippen LogP contribution < -0.4 is 4.48 Å². The highest BCUT2D eigenvalue weighted by atomic mass is 79.9. The molecular weight excluding hydrogens is 358 g/mol. The molecule has 1 atom stereocenters. The SMILES string of the molecule is COCC[N+]1(C(=O)OC(C)(C)C)CCC=Cc2cc(Br)ccc21. The maximum Gasteiger partial charge on any atom is 0.521 e. The molecule has 0 fully saturated rings. The van der Waals surface area contributed by atoms with E-state index in [9.17, 15) is 4.79 Å². The van der Waals surface area contributed by atoms with Crippen LogP contribution in [0.1, 0.15) is 32.8 Å². The van der Waals surface area contributed by atoms with Gasteiger partial charge < -0.3 is 9.47 Å². The van der Waals surface area contributed by atoms with Gasteiger partial charge in [-0.15, -0.1) is 0 Å². The van der Waals surface area contributed by atoms with Crippen molar-refractivity contribution in [3.05, 3.63) is 34.3 Å². The zero-order valence-electron chi connectivity index (χ0n) is 14.3. The van der Waals surface area contributed by atoms with E-state index in [0.717, 1.165) is 22.1 Å². The van der Waals surface area contributed by atoms with Crippen molar-refractivity contribution in [2.24, 2.45) is 0 Å². The van der Waals surface area contributed by atoms with Crippen LogP contribution in [0.3, 0.4) is 0 Å². The van der Waals surface area contributed by atoms with Crippen LogP contribution in [0.15, 0.2) is 28.7 Å². The minimum Gasteiger partial charge on any atom is -0.414 e. The topological polar surface area (TPSA) is 35.5 Å². The molecule has 0 spiro atoms. The van der Waals surface area contributed by atoms with Crippen LogP contribution in [-0.4, -0.2) is 38.5 Å². The molecule has 5 heteroatoms. The van der Waals surface area contributed by atoms with Gasteiger partial charge in [0.1, 0.15) is 12.1 Å². The molecule has 0 saturated heterocycles. The molecule has 2 rings (SSSR count). The molecule has 0 aromatic heterocycles. The average molecular weight is 383 g/mol. The van der Waals surface area contributed by atoms with Gasteiger partial charge in [-0.1, -0.05) is 28.1 Å². The average Bonchev–Trinajstić information content (AvgIpc) is 2.63. The summed E-state index contributed by atoms with van der Waals surface area (Å²) >= 11 is 3.51. The number of amides is 1. The predicted molar refractivity (Wildman–Crippen MR) is 97.4 cm³/mol. The standard InChI is InChI=1S/C18H25BrNO3/c1-18(2,3)23-17(21)20(11-12-22-4)10-6-5-7-14-13-15(19)8-9-16(14)20/h5,7-9,13H,6,10-12H2,1-4H3/q+1. The number of carbonyl (C=O) groups excluding carboxylic acids is 1. The fraction of sp³-hybridized carbons (Fsp3) is 0.500. The van der Waals surface area contributed by atoms with E-state index >= 15 is 0 Å². The second-order valence-electron chi connectivity index (χ2n) is 6.78. The minimum absolute atomic E-state index is 0.153. The lowest BCUT2D eigenvalue weighted by molar-refractivity contribution is 0.0219. The van der Waals surface area contributed by atoms with Gasteiger partial charge in [-0.3, -0.25) is 0 Å². The van der Waals surface area contributed by atoms with Crippen LogP contribution in [0.2, 0.25) is 0 Å². The van der Waals surface area contributed by atoms with Crippen LogP contribution in [0, 0.1) is 0 Å². The molecule has 1 aliphatic heterocycles. The summed E-state index contributed by atoms with van der Waals surface area (Å²) in [5.74, 6) is 0. The first-order valence-corrected chi connectivity index (χ1v) is 8.64. The molecule has 0 bridgehead atoms. The van der Waals surface area contributed by atoms with E-state index in [1.54, 1.807) is 7.11 Å². The van der Waals surface area contributed by atoms with Crippen LogP contribution in [0.25, 0.3) is 6.08 Å². The first-order chi connectivity index (χ1) is 10.8. The molecule has 0 aliphatic carbocycles. The second-order valence-corrected chi connectivity index (χ2v) is 7.70. The Hall–Kier alpha value is -1.17. The summed E-state index contributed by atoms with van der Waals surface area (Å²) < 4.78 is 12.2. The van der Waals surface area contributed by atoms with Gasteiger partial charge in [-0.05, 0) is 32.9 Å². The zero-order valence-corrected chi connectivity index (χ0v) is 15.9. The third-order valence-electron chi connectivity index (χ3n) is 3.85. The number of ether oxygens (including phenoxy) is 2. The number of hydrogen-bond acceptors (Lipinski definition) is 3. The molecule has 1 heterocycles. The van der Waals surface area contributed by atoms with E-state index in [-0.39, 0.29) is 10.6 Å². The van der Waals surface area contributed by atoms with Crippen molar-refractivity contribution >= 4 is 33.8 Å². The van der Waals surface area contributed by atoms with Gasteiger partial charge in [0.15, 0.2) is 5.69 Å². The molecule has 23 heavy (non-hydrogen) atoms. The van der Waals surface area contributed by atoms with E-state index in [4.69, 9.17) is 9.47 Å². The Kier molecular flexibility index (Phi) is 5.65. The molecular formula is C18H25BrNO3+. The first kappa shape index (κ1) is 18.2. The molecule has 0 saturated carbocycles. The zero-order chi connectivity index (χ0) is 17.1. The predicted octanol–water partition coefficient (Wildman–Crippen LogP) is 4.75. The Balaban J connectivity index is 2.52. The van der Waals surface area contributed by atoms with Gasteiger partial charge >= 0.3 is 6.09 Å². The van der Waals surface area contributed by atoms with Gasteiger partial charge in [0.2, 0.25) is 0 Å². The third-order valence-corrected chi connectivity index (χ3v) is 4.34. The fourth-order valence-corrected chi connectivity index (χ4v) is 3.16. The number of quaternary nitrogens is 1. The molecule has 1 unspecified atom stereocenters. The monoisotopic (exact) mass is 382 g/mol. The number of carbonyl (C=O) groups is 1. The van der Waals surface area contributed by atoms with E-state index in [2.05, 4.69) is 28.1 Å². The molecule has 1 aromatic carbocycles. The van der Waals surface area contributed by atoms with Crippen LogP contribution >= 0.6 is 15.9 Å². The maximum atomic E-state index is 13.1. The molecule has 1 aliphatic rings. The minimum atomic E-state index is -0.523. The number of rotatable bonds is 3. The fourth-order valence-electron chi connectivity index (χ4n) is 2.78. The molecule has 1 aromatic rings. The number of halogens is 1. The van der Waals surface area contributed by atoms with Gasteiger partial charge in [0, 0.05) is 29.6 Å². The second kappa shape index (κ2) is 7.16. The number of nitrogens with zero attached hydrogens (tertiary/aromatic N) is 1. The molecule has 126 valence electrons. The van der Waals surface area contributed by atoms with E-state index in [1.807, 2.05) is 39.0 Å². The lowest BCUT2D eigenvalue weighted by Crippen LogP contribution is -2.58. The summed E-state index contributed by atoms with van der Waals surface area (Å²) in [7, 11) is 1.66. The van der Waals surface area contributed by atoms with Crippen molar-refractivity contribution < 1.29 is 14.3 Å². The molecule has 0 N–H and O–H groups in total. The Labute approximate surface area is 146 Å². The summed E-state index contributed by atoms with van der Waals surface area (Å²) in [6.07, 6.45) is 4.79. The van der Waals surface area contributed by atoms with Gasteiger partial charge in [0.05, 0.1) is 13.2 Å². The van der Waals surface area contributed by atoms with E-state index < -0.39 is 5.60 Å². The highest BCUT2D eigenvalue weighted by Crippen LogP contribution is 2.35. The van der Waals surface area contributed by atoms with Gasteiger partial charge in [-0.25, -0.2) is 0 Å². The summed E-state index contributed by atoms with van der Waals surface area (Å²) in [4.78, 5) is 13.1. The van der Waals surface area contributed by atoms with Gasteiger partial charge in [0.25, 0.3) is 0 Å². The summed E-state index contributed by atoms with van der Waals surface area (Å²) in [6.45, 7) is 7.42. The number of fused-ring (bicyclic) bond motifs is 1. The summed E-state index contributed by atoms with van der Waals surface area (Å²) in [6, 6.07) is 6.03. The van der Waals surface area contributed by atoms with Crippen LogP contribution in [0.5, 0.6) is 0 Å². The Morgan fingerprint density at radius 3 is 2.74 bits per heavy atom. The number of hydrogen-bond donors (Lipinski definition) is 0. The van der Waals surface area contributed by atoms with Crippen molar-refractivity contribution in [3.63, 3.8) is 0 Å². The van der Waals surface area contributed by atoms with Crippen molar-refractivity contribution in [2.75, 3.05) is 26.8 Å². The Bertz CT molecular complexity index is 607. The first-order valence-electron chi connectivity index (χ1n) is 7.85. The van der Waals surface area contributed by atoms with E-state index in [1.165, 1.54) is 0 Å². The largest absolute Gasteiger partial charge is 0.521 e. The van der Waals surface area contributed by atoms with E-state index in [0.29, 0.717) is 19.7 Å². The third kappa shape index (κ3) is 4.22. The summed E-state index contributed by atoms with van der Waals surface area (Å²) in [5.41, 5.74) is 1.48. The van der Waals surface area contributed by atoms with Crippen molar-refractivity contribution in [1.82, 2.24) is 4.48 Å². The van der Waals surface area contributed by atoms with Crippen molar-refractivity contribution in [2.45, 2.75) is 32.8 Å². The summed E-state index contributed by atoms with van der Waals surface area (Å²) in [5, 5.41) is 0. The highest BCUT2D eigenvalue weighted by molar-refractivity contribution is 9.10. The van der Waals surface area contributed by atoms with Crippen molar-refractivity contribution in [3.8, 4) is 0 Å². The molecule has 0 radical (unpaired) electrons. The Morgan fingerprint density at radius 1 is 1.35 bits per heavy atom. The maximum absolute atomic E-state index is 13.1. The van der Waals surface area contributed by atoms with Crippen molar-refractivity contribution in [1.29, 1.82) is 0 Å². The van der Waals surface area contributed by atoms with Gasteiger partial charge in [-0.2, -0.15) is 9.28 Å². The normalized spacial score (nSPS) is 20.7. The van der Waals surface area contributed by atoms with Crippen LogP contribution in [-0.2, 0) is 9.47 Å². The lowest BCUT2D eigenvalue weighted by atomic mass is 10.1. The lowest BCUT2D eigenvalue weighted by Gasteiger charge is -2.36. The number of benzene rings is 1. The highest BCUT2D eigenvalue weighted by Gasteiger charge is 2.44. The molecule has 1 amide bonds. The Morgan fingerprint density at radius 2 is 2.09 bits per heavy atom. The van der Waals surface area contributed by atoms with Crippen LogP contribution in [0.4, 0.5) is 10.5 Å².